The van der Waals surface area contributed by atoms with Crippen LogP contribution >= 0.6 is 0 Å². The fourth-order valence-electron chi connectivity index (χ4n) is 5.20. The maximum absolute atomic E-state index is 2.43. The third-order valence-electron chi connectivity index (χ3n) is 6.79. The van der Waals surface area contributed by atoms with Gasteiger partial charge >= 0.3 is 0 Å². The van der Waals surface area contributed by atoms with Gasteiger partial charge in [-0.1, -0.05) is 73.5 Å². The van der Waals surface area contributed by atoms with Gasteiger partial charge in [0.2, 0.25) is 0 Å². The van der Waals surface area contributed by atoms with Crippen LogP contribution in [0.25, 0.3) is 33.0 Å². The predicted molar refractivity (Wildman–Crippen MR) is 126 cm³/mol. The Morgan fingerprint density at radius 3 is 1.90 bits per heavy atom. The first-order valence-electron chi connectivity index (χ1n) is 10.5. The van der Waals surface area contributed by atoms with Crippen molar-refractivity contribution in [2.75, 3.05) is 0 Å². The number of aryl methyl sites for hydroxylation is 4. The summed E-state index contributed by atoms with van der Waals surface area (Å²) >= 11 is 0. The standard InChI is InChI=1S/C29H28/c1-17-7-9-23-24-10-8-21(16-28(24)29(5,6)27(23)13-17)22-14-20(4)25-12-18(2)11-19(3)26(25)15-22/h7-16H,1-6H3. The highest BCUT2D eigenvalue weighted by atomic mass is 14.4. The summed E-state index contributed by atoms with van der Waals surface area (Å²) in [6.45, 7) is 13.6. The van der Waals surface area contributed by atoms with Crippen LogP contribution in [0.4, 0.5) is 0 Å². The molecule has 0 spiro atoms. The van der Waals surface area contributed by atoms with Crippen molar-refractivity contribution in [3.8, 4) is 22.3 Å². The predicted octanol–water partition coefficient (Wildman–Crippen LogP) is 8.05. The van der Waals surface area contributed by atoms with Crippen LogP contribution in [0.5, 0.6) is 0 Å². The molecule has 29 heavy (non-hydrogen) atoms. The smallest absolute Gasteiger partial charge is 0.0159 e. The van der Waals surface area contributed by atoms with Crippen molar-refractivity contribution in [1.29, 1.82) is 0 Å². The lowest BCUT2D eigenvalue weighted by Crippen LogP contribution is -2.15. The Hall–Kier alpha value is -2.86. The molecule has 0 aliphatic heterocycles. The van der Waals surface area contributed by atoms with E-state index < -0.39 is 0 Å². The lowest BCUT2D eigenvalue weighted by molar-refractivity contribution is 0.660. The summed E-state index contributed by atoms with van der Waals surface area (Å²) in [6.07, 6.45) is 0. The first kappa shape index (κ1) is 18.2. The molecule has 0 heteroatoms. The molecule has 0 atom stereocenters. The zero-order chi connectivity index (χ0) is 20.5. The second-order valence-corrected chi connectivity index (χ2v) is 9.40. The van der Waals surface area contributed by atoms with Gasteiger partial charge in [-0.2, -0.15) is 0 Å². The maximum atomic E-state index is 2.43. The number of hydrogen-bond donors (Lipinski definition) is 0. The summed E-state index contributed by atoms with van der Waals surface area (Å²) in [4.78, 5) is 0. The Balaban J connectivity index is 1.71. The summed E-state index contributed by atoms with van der Waals surface area (Å²) < 4.78 is 0. The zero-order valence-electron chi connectivity index (χ0n) is 18.3. The van der Waals surface area contributed by atoms with Crippen molar-refractivity contribution in [3.05, 3.63) is 94.0 Å². The molecule has 4 aromatic carbocycles. The third-order valence-corrected chi connectivity index (χ3v) is 6.79. The minimum atomic E-state index is 0.0334. The van der Waals surface area contributed by atoms with Gasteiger partial charge in [-0.15, -0.1) is 0 Å². The van der Waals surface area contributed by atoms with Crippen molar-refractivity contribution in [2.24, 2.45) is 0 Å². The molecule has 5 rings (SSSR count). The highest BCUT2D eigenvalue weighted by Crippen LogP contribution is 2.50. The average Bonchev–Trinajstić information content (AvgIpc) is 2.89. The van der Waals surface area contributed by atoms with E-state index in [2.05, 4.69) is 102 Å². The minimum Gasteiger partial charge on any atom is -0.0587 e. The van der Waals surface area contributed by atoms with Gasteiger partial charge in [0.1, 0.15) is 0 Å². The van der Waals surface area contributed by atoms with Gasteiger partial charge in [0.25, 0.3) is 0 Å². The van der Waals surface area contributed by atoms with Crippen molar-refractivity contribution >= 4 is 10.8 Å². The molecule has 0 N–H and O–H groups in total. The molecule has 0 nitrogen and oxygen atoms in total. The highest BCUT2D eigenvalue weighted by molar-refractivity contribution is 5.93. The molecule has 0 heterocycles. The zero-order valence-corrected chi connectivity index (χ0v) is 18.3. The lowest BCUT2D eigenvalue weighted by atomic mass is 9.81. The molecule has 0 saturated carbocycles. The summed E-state index contributed by atoms with van der Waals surface area (Å²) in [5.41, 5.74) is 13.7. The number of rotatable bonds is 1. The average molecular weight is 377 g/mol. The van der Waals surface area contributed by atoms with Crippen LogP contribution in [-0.4, -0.2) is 0 Å². The highest BCUT2D eigenvalue weighted by Gasteiger charge is 2.35. The molecule has 1 aliphatic rings. The molecule has 0 fully saturated rings. The van der Waals surface area contributed by atoms with Crippen LogP contribution in [0.2, 0.25) is 0 Å². The molecular formula is C29H28. The van der Waals surface area contributed by atoms with Crippen molar-refractivity contribution in [1.82, 2.24) is 0 Å². The Bertz CT molecular complexity index is 1300. The maximum Gasteiger partial charge on any atom is 0.0159 e. The fourth-order valence-corrected chi connectivity index (χ4v) is 5.20. The fraction of sp³-hybridized carbons (Fsp3) is 0.241. The van der Waals surface area contributed by atoms with Crippen LogP contribution in [0, 0.1) is 27.7 Å². The van der Waals surface area contributed by atoms with Crippen LogP contribution in [0.15, 0.2) is 60.7 Å². The van der Waals surface area contributed by atoms with Crippen molar-refractivity contribution in [2.45, 2.75) is 47.0 Å². The van der Waals surface area contributed by atoms with Crippen molar-refractivity contribution in [3.63, 3.8) is 0 Å². The molecular weight excluding hydrogens is 348 g/mol. The summed E-state index contributed by atoms with van der Waals surface area (Å²) in [5.74, 6) is 0. The van der Waals surface area contributed by atoms with Crippen LogP contribution < -0.4 is 0 Å². The Morgan fingerprint density at radius 2 is 1.14 bits per heavy atom. The van der Waals surface area contributed by atoms with Gasteiger partial charge in [0, 0.05) is 5.41 Å². The third kappa shape index (κ3) is 2.66. The van der Waals surface area contributed by atoms with E-state index in [-0.39, 0.29) is 5.41 Å². The van der Waals surface area contributed by atoms with E-state index in [1.54, 1.807) is 0 Å². The van der Waals surface area contributed by atoms with Gasteiger partial charge in [-0.3, -0.25) is 0 Å². The van der Waals surface area contributed by atoms with E-state index in [0.29, 0.717) is 0 Å². The quantitative estimate of drug-likeness (QED) is 0.315. The molecule has 0 saturated heterocycles. The van der Waals surface area contributed by atoms with E-state index in [1.807, 2.05) is 0 Å². The first-order valence-corrected chi connectivity index (χ1v) is 10.5. The topological polar surface area (TPSA) is 0 Å². The summed E-state index contributed by atoms with van der Waals surface area (Å²) in [6, 6.07) is 23.3. The van der Waals surface area contributed by atoms with Gasteiger partial charge in [-0.25, -0.2) is 0 Å². The molecule has 0 aromatic heterocycles. The van der Waals surface area contributed by atoms with E-state index in [4.69, 9.17) is 0 Å². The normalized spacial score (nSPS) is 14.1. The Labute approximate surface area is 174 Å². The van der Waals surface area contributed by atoms with Gasteiger partial charge in [0.15, 0.2) is 0 Å². The number of benzene rings is 4. The van der Waals surface area contributed by atoms with E-state index in [1.165, 1.54) is 66.4 Å². The van der Waals surface area contributed by atoms with E-state index in [0.717, 1.165) is 0 Å². The number of hydrogen-bond acceptors (Lipinski definition) is 0. The molecule has 0 unspecified atom stereocenters. The molecule has 0 amide bonds. The van der Waals surface area contributed by atoms with Gasteiger partial charge < -0.3 is 0 Å². The molecule has 4 aromatic rings. The Kier molecular flexibility index (Phi) is 3.80. The van der Waals surface area contributed by atoms with Crippen LogP contribution in [0.1, 0.15) is 47.2 Å². The largest absolute Gasteiger partial charge is 0.0587 e. The second kappa shape index (κ2) is 6.07. The first-order chi connectivity index (χ1) is 13.8. The van der Waals surface area contributed by atoms with Gasteiger partial charge in [-0.05, 0) is 95.1 Å². The van der Waals surface area contributed by atoms with E-state index in [9.17, 15) is 0 Å². The SMILES string of the molecule is Cc1ccc2c(c1)C(C)(C)c1cc(-c3cc(C)c4cc(C)cc(C)c4c3)ccc1-2. The monoisotopic (exact) mass is 376 g/mol. The summed E-state index contributed by atoms with van der Waals surface area (Å²) in [5, 5.41) is 2.74. The second-order valence-electron chi connectivity index (χ2n) is 9.40. The van der Waals surface area contributed by atoms with E-state index >= 15 is 0 Å². The molecule has 1 aliphatic carbocycles. The van der Waals surface area contributed by atoms with Gasteiger partial charge in [0.05, 0.1) is 0 Å². The summed E-state index contributed by atoms with van der Waals surface area (Å²) in [7, 11) is 0. The molecule has 0 bridgehead atoms. The van der Waals surface area contributed by atoms with Crippen LogP contribution in [-0.2, 0) is 5.41 Å². The number of fused-ring (bicyclic) bond motifs is 4. The minimum absolute atomic E-state index is 0.0334. The molecule has 0 radical (unpaired) electrons. The Morgan fingerprint density at radius 1 is 0.517 bits per heavy atom. The lowest BCUT2D eigenvalue weighted by Gasteiger charge is -2.22. The van der Waals surface area contributed by atoms with Crippen LogP contribution in [0.3, 0.4) is 0 Å². The van der Waals surface area contributed by atoms with Crippen molar-refractivity contribution < 1.29 is 0 Å². The molecule has 144 valence electrons.